The smallest absolute Gasteiger partial charge is 0.191 e. The molecule has 2 aromatic rings. The first-order chi connectivity index (χ1) is 12.3. The number of rotatable bonds is 7. The Labute approximate surface area is 184 Å². The van der Waals surface area contributed by atoms with Gasteiger partial charge in [-0.2, -0.15) is 0 Å². The van der Waals surface area contributed by atoms with Crippen molar-refractivity contribution in [1.29, 1.82) is 0 Å². The van der Waals surface area contributed by atoms with Crippen molar-refractivity contribution in [2.24, 2.45) is 4.99 Å². The summed E-state index contributed by atoms with van der Waals surface area (Å²) in [6, 6.07) is 8.45. The van der Waals surface area contributed by atoms with E-state index in [1.807, 2.05) is 6.07 Å². The molecule has 8 heteroatoms. The van der Waals surface area contributed by atoms with E-state index in [1.165, 1.54) is 17.7 Å². The van der Waals surface area contributed by atoms with E-state index in [-0.39, 0.29) is 30.0 Å². The van der Waals surface area contributed by atoms with Crippen LogP contribution in [0.2, 0.25) is 0 Å². The van der Waals surface area contributed by atoms with Crippen LogP contribution in [0.3, 0.4) is 0 Å². The maximum atomic E-state index is 5.69. The van der Waals surface area contributed by atoms with Gasteiger partial charge in [0.2, 0.25) is 0 Å². The standard InChI is InChI=1S/C18H25BrN4OS.HI/c1-2-20-18(21-12-14-7-8-17(19)25-14)22-13-15(16-6-5-11-24-16)23-9-3-4-10-23;/h5-8,11,15H,2-4,9-10,12-13H2,1H3,(H2,20,21,22);1H. The summed E-state index contributed by atoms with van der Waals surface area (Å²) in [7, 11) is 0. The van der Waals surface area contributed by atoms with Crippen molar-refractivity contribution < 1.29 is 4.42 Å². The van der Waals surface area contributed by atoms with Crippen LogP contribution in [-0.4, -0.2) is 37.0 Å². The molecule has 5 nitrogen and oxygen atoms in total. The molecule has 26 heavy (non-hydrogen) atoms. The van der Waals surface area contributed by atoms with Gasteiger partial charge in [0.25, 0.3) is 0 Å². The van der Waals surface area contributed by atoms with E-state index in [4.69, 9.17) is 9.41 Å². The summed E-state index contributed by atoms with van der Waals surface area (Å²) in [5.74, 6) is 1.87. The van der Waals surface area contributed by atoms with Crippen LogP contribution in [0.15, 0.2) is 43.7 Å². The Bertz CT molecular complexity index is 671. The number of halogens is 2. The number of likely N-dealkylation sites (tertiary alicyclic amines) is 1. The van der Waals surface area contributed by atoms with Gasteiger partial charge in [-0.15, -0.1) is 35.3 Å². The quantitative estimate of drug-likeness (QED) is 0.299. The molecule has 1 saturated heterocycles. The largest absolute Gasteiger partial charge is 0.468 e. The fourth-order valence-corrected chi connectivity index (χ4v) is 4.48. The molecule has 0 bridgehead atoms. The van der Waals surface area contributed by atoms with Gasteiger partial charge in [-0.3, -0.25) is 4.90 Å². The number of hydrogen-bond acceptors (Lipinski definition) is 4. The maximum Gasteiger partial charge on any atom is 0.191 e. The zero-order chi connectivity index (χ0) is 17.5. The third kappa shape index (κ3) is 6.24. The van der Waals surface area contributed by atoms with Crippen molar-refractivity contribution in [2.45, 2.75) is 32.4 Å². The van der Waals surface area contributed by atoms with Gasteiger partial charge in [0.05, 0.1) is 22.6 Å². The summed E-state index contributed by atoms with van der Waals surface area (Å²) in [5.41, 5.74) is 0. The van der Waals surface area contributed by atoms with Crippen LogP contribution >= 0.6 is 51.2 Å². The Morgan fingerprint density at radius 2 is 2.12 bits per heavy atom. The topological polar surface area (TPSA) is 52.8 Å². The number of thiophene rings is 1. The minimum absolute atomic E-state index is 0. The third-order valence-corrected chi connectivity index (χ3v) is 5.89. The van der Waals surface area contributed by atoms with Gasteiger partial charge in [-0.25, -0.2) is 4.99 Å². The maximum absolute atomic E-state index is 5.69. The van der Waals surface area contributed by atoms with Gasteiger partial charge < -0.3 is 15.1 Å². The van der Waals surface area contributed by atoms with Gasteiger partial charge in [0, 0.05) is 18.0 Å². The van der Waals surface area contributed by atoms with E-state index in [9.17, 15) is 0 Å². The second-order valence-corrected chi connectivity index (χ2v) is 8.60. The number of furan rings is 1. The monoisotopic (exact) mass is 552 g/mol. The average molecular weight is 553 g/mol. The molecule has 0 aliphatic carbocycles. The van der Waals surface area contributed by atoms with Crippen molar-refractivity contribution in [3.05, 3.63) is 45.0 Å². The molecule has 0 saturated carbocycles. The Hall–Kier alpha value is -0.580. The number of hydrogen-bond donors (Lipinski definition) is 2. The zero-order valence-corrected chi connectivity index (χ0v) is 19.6. The molecule has 2 aromatic heterocycles. The van der Waals surface area contributed by atoms with Crippen LogP contribution in [0, 0.1) is 0 Å². The van der Waals surface area contributed by atoms with Crippen LogP contribution < -0.4 is 10.6 Å². The molecule has 144 valence electrons. The highest BCUT2D eigenvalue weighted by atomic mass is 127. The molecule has 0 aromatic carbocycles. The van der Waals surface area contributed by atoms with Gasteiger partial charge in [-0.05, 0) is 73.1 Å². The molecule has 3 rings (SSSR count). The summed E-state index contributed by atoms with van der Waals surface area (Å²) in [6.45, 7) is 6.65. The predicted octanol–water partition coefficient (Wildman–Crippen LogP) is 4.61. The lowest BCUT2D eigenvalue weighted by Crippen LogP contribution is -2.42. The molecule has 1 aliphatic heterocycles. The first-order valence-corrected chi connectivity index (χ1v) is 10.4. The van der Waals surface area contributed by atoms with Crippen LogP contribution in [0.25, 0.3) is 0 Å². The van der Waals surface area contributed by atoms with Gasteiger partial charge in [0.1, 0.15) is 5.76 Å². The summed E-state index contributed by atoms with van der Waals surface area (Å²) >= 11 is 5.22. The third-order valence-electron chi connectivity index (χ3n) is 4.28. The van der Waals surface area contributed by atoms with E-state index in [0.29, 0.717) is 6.54 Å². The SMILES string of the molecule is CCNC(=NCc1ccc(Br)s1)NCC(c1ccco1)N1CCCC1.I. The van der Waals surface area contributed by atoms with E-state index >= 15 is 0 Å². The van der Waals surface area contributed by atoms with E-state index < -0.39 is 0 Å². The van der Waals surface area contributed by atoms with Crippen molar-refractivity contribution in [1.82, 2.24) is 15.5 Å². The molecule has 0 radical (unpaired) electrons. The van der Waals surface area contributed by atoms with Crippen molar-refractivity contribution in [3.63, 3.8) is 0 Å². The Morgan fingerprint density at radius 3 is 2.73 bits per heavy atom. The van der Waals surface area contributed by atoms with Crippen LogP contribution in [-0.2, 0) is 6.54 Å². The molecule has 1 atom stereocenters. The number of nitrogens with one attached hydrogen (secondary N) is 2. The summed E-state index contributed by atoms with van der Waals surface area (Å²) in [6.07, 6.45) is 4.28. The molecule has 3 heterocycles. The van der Waals surface area contributed by atoms with Crippen LogP contribution in [0.1, 0.15) is 36.4 Å². The minimum Gasteiger partial charge on any atom is -0.468 e. The van der Waals surface area contributed by atoms with Crippen molar-refractivity contribution >= 4 is 57.2 Å². The fourth-order valence-electron chi connectivity index (χ4n) is 3.07. The van der Waals surface area contributed by atoms with E-state index in [0.717, 1.165) is 41.7 Å². The van der Waals surface area contributed by atoms with Gasteiger partial charge in [-0.1, -0.05) is 0 Å². The second kappa shape index (κ2) is 11.3. The normalized spacial score (nSPS) is 16.3. The Kier molecular flexibility index (Phi) is 9.44. The van der Waals surface area contributed by atoms with E-state index in [1.54, 1.807) is 17.6 Å². The Balaban J connectivity index is 0.00000243. The highest BCUT2D eigenvalue weighted by molar-refractivity contribution is 14.0. The molecule has 1 fully saturated rings. The number of aliphatic imine (C=N–C) groups is 1. The lowest BCUT2D eigenvalue weighted by molar-refractivity contribution is 0.215. The van der Waals surface area contributed by atoms with Crippen LogP contribution in [0.4, 0.5) is 0 Å². The highest BCUT2D eigenvalue weighted by Gasteiger charge is 2.25. The zero-order valence-electron chi connectivity index (χ0n) is 14.9. The molecule has 0 amide bonds. The Morgan fingerprint density at radius 1 is 1.31 bits per heavy atom. The number of guanidine groups is 1. The lowest BCUT2D eigenvalue weighted by Gasteiger charge is -2.26. The van der Waals surface area contributed by atoms with Crippen LogP contribution in [0.5, 0.6) is 0 Å². The second-order valence-electron chi connectivity index (χ2n) is 6.06. The summed E-state index contributed by atoms with van der Waals surface area (Å²) < 4.78 is 6.83. The van der Waals surface area contributed by atoms with Crippen molar-refractivity contribution in [3.8, 4) is 0 Å². The minimum atomic E-state index is 0. The molecule has 1 aliphatic rings. The first kappa shape index (κ1) is 21.7. The molecular formula is C18H26BrIN4OS. The molecule has 2 N–H and O–H groups in total. The predicted molar refractivity (Wildman–Crippen MR) is 123 cm³/mol. The average Bonchev–Trinajstić information content (AvgIpc) is 3.36. The molecule has 1 unspecified atom stereocenters. The number of nitrogens with zero attached hydrogens (tertiary/aromatic N) is 2. The van der Waals surface area contributed by atoms with Gasteiger partial charge in [0.15, 0.2) is 5.96 Å². The first-order valence-electron chi connectivity index (χ1n) is 8.80. The highest BCUT2D eigenvalue weighted by Crippen LogP contribution is 2.25. The van der Waals surface area contributed by atoms with E-state index in [2.05, 4.69) is 56.6 Å². The fraction of sp³-hybridized carbons (Fsp3) is 0.500. The van der Waals surface area contributed by atoms with Gasteiger partial charge >= 0.3 is 0 Å². The molecular weight excluding hydrogens is 527 g/mol. The summed E-state index contributed by atoms with van der Waals surface area (Å²) in [5, 5.41) is 6.83. The van der Waals surface area contributed by atoms with Crippen molar-refractivity contribution in [2.75, 3.05) is 26.2 Å². The lowest BCUT2D eigenvalue weighted by atomic mass is 10.2. The summed E-state index contributed by atoms with van der Waals surface area (Å²) in [4.78, 5) is 8.45. The molecule has 0 spiro atoms.